The highest BCUT2D eigenvalue weighted by Crippen LogP contribution is 2.59. The van der Waals surface area contributed by atoms with E-state index < -0.39 is 23.0 Å². The van der Waals surface area contributed by atoms with Gasteiger partial charge in [0.25, 0.3) is 5.79 Å². The summed E-state index contributed by atoms with van der Waals surface area (Å²) in [7, 11) is 0. The van der Waals surface area contributed by atoms with Crippen molar-refractivity contribution in [3.05, 3.63) is 58.1 Å². The molecule has 1 aliphatic carbocycles. The van der Waals surface area contributed by atoms with Crippen molar-refractivity contribution in [1.82, 2.24) is 5.32 Å². The Morgan fingerprint density at radius 3 is 2.56 bits per heavy atom. The maximum absolute atomic E-state index is 13.4. The van der Waals surface area contributed by atoms with Crippen LogP contribution in [0.3, 0.4) is 0 Å². The predicted octanol–water partition coefficient (Wildman–Crippen LogP) is 1.65. The van der Waals surface area contributed by atoms with Gasteiger partial charge < -0.3 is 20.9 Å². The third kappa shape index (κ3) is 1.67. The Balaban J connectivity index is 2.10. The number of nitrogen functional groups attached to an aromatic ring is 1. The lowest BCUT2D eigenvalue weighted by atomic mass is 9.82. The van der Waals surface area contributed by atoms with E-state index in [0.29, 0.717) is 11.3 Å². The molecule has 0 spiro atoms. The van der Waals surface area contributed by atoms with Crippen LogP contribution in [-0.4, -0.2) is 16.8 Å². The minimum atomic E-state index is -2.04. The molecule has 1 aliphatic heterocycles. The summed E-state index contributed by atoms with van der Waals surface area (Å²) in [6.07, 6.45) is 0. The highest BCUT2D eigenvalue weighted by Gasteiger charge is 2.72. The standard InChI is InChI=1S/C19H18N2O4/c1-9-7-13-15(8-10(9)2)25-19(24)12-5-4-6-14(20)16(12)17(23)18(13,19)21-11(3)22/h4-8,24H,20H2,1-3H3,(H,21,22)/t18-,19-/m1/s1. The Morgan fingerprint density at radius 1 is 1.20 bits per heavy atom. The summed E-state index contributed by atoms with van der Waals surface area (Å²) in [4.78, 5) is 25.3. The molecule has 6 nitrogen and oxygen atoms in total. The molecule has 0 saturated heterocycles. The van der Waals surface area contributed by atoms with E-state index in [1.54, 1.807) is 30.3 Å². The number of aliphatic hydroxyl groups is 1. The predicted molar refractivity (Wildman–Crippen MR) is 91.1 cm³/mol. The molecule has 0 radical (unpaired) electrons. The van der Waals surface area contributed by atoms with Crippen LogP contribution in [0.15, 0.2) is 30.3 Å². The number of benzene rings is 2. The second-order valence-electron chi connectivity index (χ2n) is 6.71. The number of rotatable bonds is 1. The van der Waals surface area contributed by atoms with Crippen molar-refractivity contribution in [2.45, 2.75) is 32.1 Å². The number of hydrogen-bond acceptors (Lipinski definition) is 5. The Labute approximate surface area is 144 Å². The summed E-state index contributed by atoms with van der Waals surface area (Å²) in [6, 6.07) is 8.37. The van der Waals surface area contributed by atoms with E-state index in [2.05, 4.69) is 5.32 Å². The fraction of sp³-hybridized carbons (Fsp3) is 0.263. The molecule has 4 rings (SSSR count). The minimum absolute atomic E-state index is 0.183. The lowest BCUT2D eigenvalue weighted by molar-refractivity contribution is -0.175. The summed E-state index contributed by atoms with van der Waals surface area (Å²) in [5.41, 5.74) is 7.25. The number of Topliss-reactive ketones (excluding diaryl/α,β-unsaturated/α-hetero) is 1. The zero-order valence-electron chi connectivity index (χ0n) is 14.1. The average Bonchev–Trinajstić information content (AvgIpc) is 2.86. The third-order valence-electron chi connectivity index (χ3n) is 5.16. The van der Waals surface area contributed by atoms with Gasteiger partial charge in [-0.3, -0.25) is 9.59 Å². The molecular formula is C19H18N2O4. The number of anilines is 1. The molecule has 1 heterocycles. The van der Waals surface area contributed by atoms with Gasteiger partial charge >= 0.3 is 0 Å². The van der Waals surface area contributed by atoms with Gasteiger partial charge in [-0.1, -0.05) is 12.1 Å². The van der Waals surface area contributed by atoms with Gasteiger partial charge in [-0.25, -0.2) is 0 Å². The SMILES string of the molecule is CC(=O)N[C@]12C(=O)c3c(N)cccc3[C@@]1(O)Oc1cc(C)c(C)cc12. The zero-order chi connectivity index (χ0) is 18.1. The molecule has 25 heavy (non-hydrogen) atoms. The van der Waals surface area contributed by atoms with E-state index in [1.165, 1.54) is 6.92 Å². The van der Waals surface area contributed by atoms with Gasteiger partial charge in [-0.2, -0.15) is 0 Å². The normalized spacial score (nSPS) is 25.8. The number of ether oxygens (including phenoxy) is 1. The molecule has 2 aliphatic rings. The number of fused-ring (bicyclic) bond motifs is 5. The van der Waals surface area contributed by atoms with Crippen LogP contribution in [0, 0.1) is 13.8 Å². The van der Waals surface area contributed by atoms with Gasteiger partial charge in [0.05, 0.1) is 5.56 Å². The fourth-order valence-electron chi connectivity index (χ4n) is 3.88. The molecule has 6 heteroatoms. The van der Waals surface area contributed by atoms with Gasteiger partial charge in [-0.05, 0) is 43.2 Å². The number of amides is 1. The Morgan fingerprint density at radius 2 is 1.88 bits per heavy atom. The first-order valence-corrected chi connectivity index (χ1v) is 7.98. The third-order valence-corrected chi connectivity index (χ3v) is 5.16. The van der Waals surface area contributed by atoms with Gasteiger partial charge in [0, 0.05) is 23.7 Å². The second kappa shape index (κ2) is 4.61. The Kier molecular flexibility index (Phi) is 2.89. The molecule has 4 N–H and O–H groups in total. The quantitative estimate of drug-likeness (QED) is 0.686. The summed E-state index contributed by atoms with van der Waals surface area (Å²) >= 11 is 0. The van der Waals surface area contributed by atoms with Crippen LogP contribution in [0.5, 0.6) is 5.75 Å². The van der Waals surface area contributed by atoms with E-state index >= 15 is 0 Å². The van der Waals surface area contributed by atoms with Crippen LogP contribution in [0.1, 0.15) is 39.5 Å². The van der Waals surface area contributed by atoms with Crippen LogP contribution < -0.4 is 15.8 Å². The number of aryl methyl sites for hydroxylation is 2. The van der Waals surface area contributed by atoms with Crippen molar-refractivity contribution >= 4 is 17.4 Å². The van der Waals surface area contributed by atoms with Crippen LogP contribution in [0.4, 0.5) is 5.69 Å². The number of hydrogen-bond donors (Lipinski definition) is 3. The summed E-state index contributed by atoms with van der Waals surface area (Å²) in [5.74, 6) is -2.59. The van der Waals surface area contributed by atoms with E-state index in [0.717, 1.165) is 11.1 Å². The van der Waals surface area contributed by atoms with Gasteiger partial charge in [0.1, 0.15) is 5.75 Å². The molecule has 0 aromatic heterocycles. The number of carbonyl (C=O) groups excluding carboxylic acids is 2. The van der Waals surface area contributed by atoms with Crippen molar-refractivity contribution in [3.63, 3.8) is 0 Å². The summed E-state index contributed by atoms with van der Waals surface area (Å²) in [5, 5.41) is 14.1. The van der Waals surface area contributed by atoms with Crippen molar-refractivity contribution in [2.75, 3.05) is 5.73 Å². The van der Waals surface area contributed by atoms with E-state index in [-0.39, 0.29) is 16.8 Å². The minimum Gasteiger partial charge on any atom is -0.454 e. The second-order valence-corrected chi connectivity index (χ2v) is 6.71. The number of ketones is 1. The number of nitrogens with two attached hydrogens (primary N) is 1. The number of nitrogens with one attached hydrogen (secondary N) is 1. The Bertz CT molecular complexity index is 968. The first-order valence-electron chi connectivity index (χ1n) is 7.98. The molecule has 0 bridgehead atoms. The van der Waals surface area contributed by atoms with Crippen molar-refractivity contribution < 1.29 is 19.4 Å². The van der Waals surface area contributed by atoms with Crippen LogP contribution >= 0.6 is 0 Å². The van der Waals surface area contributed by atoms with E-state index in [4.69, 9.17) is 10.5 Å². The maximum Gasteiger partial charge on any atom is 0.271 e. The Hall–Kier alpha value is -2.86. The molecule has 2 aromatic rings. The van der Waals surface area contributed by atoms with E-state index in [1.807, 2.05) is 13.8 Å². The van der Waals surface area contributed by atoms with Crippen molar-refractivity contribution in [2.24, 2.45) is 0 Å². The first kappa shape index (κ1) is 15.7. The topological polar surface area (TPSA) is 102 Å². The lowest BCUT2D eigenvalue weighted by Gasteiger charge is -2.34. The monoisotopic (exact) mass is 338 g/mol. The molecule has 0 saturated carbocycles. The average molecular weight is 338 g/mol. The molecule has 2 aromatic carbocycles. The summed E-state index contributed by atoms with van der Waals surface area (Å²) < 4.78 is 5.87. The highest BCUT2D eigenvalue weighted by atomic mass is 16.6. The fourth-order valence-corrected chi connectivity index (χ4v) is 3.88. The van der Waals surface area contributed by atoms with Gasteiger partial charge in [-0.15, -0.1) is 0 Å². The highest BCUT2D eigenvalue weighted by molar-refractivity contribution is 6.15. The molecule has 1 amide bonds. The molecule has 128 valence electrons. The summed E-state index contributed by atoms with van der Waals surface area (Å²) in [6.45, 7) is 5.11. The lowest BCUT2D eigenvalue weighted by Crippen LogP contribution is -2.59. The maximum atomic E-state index is 13.4. The van der Waals surface area contributed by atoms with Gasteiger partial charge in [0.2, 0.25) is 17.2 Å². The zero-order valence-corrected chi connectivity index (χ0v) is 14.1. The van der Waals surface area contributed by atoms with Gasteiger partial charge in [0.15, 0.2) is 0 Å². The van der Waals surface area contributed by atoms with E-state index in [9.17, 15) is 14.7 Å². The molecule has 0 fully saturated rings. The first-order chi connectivity index (χ1) is 11.7. The van der Waals surface area contributed by atoms with Crippen LogP contribution in [-0.2, 0) is 16.1 Å². The van der Waals surface area contributed by atoms with Crippen LogP contribution in [0.2, 0.25) is 0 Å². The molecule has 2 atom stereocenters. The van der Waals surface area contributed by atoms with Crippen molar-refractivity contribution in [3.8, 4) is 5.75 Å². The number of carbonyl (C=O) groups is 2. The smallest absolute Gasteiger partial charge is 0.271 e. The molecule has 0 unspecified atom stereocenters. The molecular weight excluding hydrogens is 320 g/mol. The van der Waals surface area contributed by atoms with Crippen molar-refractivity contribution in [1.29, 1.82) is 0 Å². The largest absolute Gasteiger partial charge is 0.454 e. The van der Waals surface area contributed by atoms with Crippen LogP contribution in [0.25, 0.3) is 0 Å².